The molecule has 0 unspecified atom stereocenters. The maximum atomic E-state index is 12.9. The quantitative estimate of drug-likeness (QED) is 0.684. The largest absolute Gasteiger partial charge is 0.461 e. The average molecular weight is 308 g/mol. The molecule has 2 heterocycles. The van der Waals surface area contributed by atoms with E-state index in [2.05, 4.69) is 4.98 Å². The van der Waals surface area contributed by atoms with E-state index in [9.17, 15) is 13.2 Å². The first-order chi connectivity index (χ1) is 10.4. The maximum Gasteiger partial charge on any atom is 0.416 e. The van der Waals surface area contributed by atoms with Crippen LogP contribution in [0.5, 0.6) is 0 Å². The molecule has 0 aliphatic carbocycles. The number of hydrogen-bond donors (Lipinski definition) is 0. The van der Waals surface area contributed by atoms with Crippen molar-refractivity contribution in [2.75, 3.05) is 0 Å². The molecule has 0 aliphatic rings. The fourth-order valence-electron chi connectivity index (χ4n) is 2.45. The van der Waals surface area contributed by atoms with Gasteiger partial charge in [0.15, 0.2) is 11.6 Å². The molecule has 1 aromatic carbocycles. The van der Waals surface area contributed by atoms with Gasteiger partial charge in [-0.1, -0.05) is 13.8 Å². The number of fused-ring (bicyclic) bond motifs is 1. The Hall–Kier alpha value is -2.24. The van der Waals surface area contributed by atoms with Crippen LogP contribution in [0.4, 0.5) is 13.2 Å². The van der Waals surface area contributed by atoms with Crippen LogP contribution in [0.25, 0.3) is 22.6 Å². The highest BCUT2D eigenvalue weighted by molar-refractivity contribution is 5.80. The molecule has 6 heteroatoms. The van der Waals surface area contributed by atoms with Crippen LogP contribution in [-0.2, 0) is 12.7 Å². The summed E-state index contributed by atoms with van der Waals surface area (Å²) in [6.07, 6.45) is -2.85. The highest BCUT2D eigenvalue weighted by atomic mass is 19.4. The molecule has 0 saturated carbocycles. The number of hydrogen-bond acceptors (Lipinski definition) is 2. The van der Waals surface area contributed by atoms with E-state index in [1.54, 1.807) is 12.1 Å². The van der Waals surface area contributed by atoms with Gasteiger partial charge in [0.25, 0.3) is 0 Å². The van der Waals surface area contributed by atoms with Crippen molar-refractivity contribution in [2.45, 2.75) is 26.6 Å². The molecule has 22 heavy (non-hydrogen) atoms. The van der Waals surface area contributed by atoms with Crippen LogP contribution in [0.2, 0.25) is 0 Å². The van der Waals surface area contributed by atoms with E-state index in [4.69, 9.17) is 4.42 Å². The van der Waals surface area contributed by atoms with Gasteiger partial charge in [-0.15, -0.1) is 0 Å². The zero-order valence-electron chi connectivity index (χ0n) is 12.2. The Morgan fingerprint density at radius 3 is 2.59 bits per heavy atom. The van der Waals surface area contributed by atoms with Crippen LogP contribution in [0, 0.1) is 5.92 Å². The maximum absolute atomic E-state index is 12.9. The Bertz CT molecular complexity index is 786. The normalized spacial score (nSPS) is 12.5. The first-order valence-electron chi connectivity index (χ1n) is 6.97. The summed E-state index contributed by atoms with van der Waals surface area (Å²) in [5.74, 6) is 1.42. The SMILES string of the molecule is CC(C)Cn1c(-c2ccco2)nc2cc(C(F)(F)F)ccc21. The summed E-state index contributed by atoms with van der Waals surface area (Å²) in [5, 5.41) is 0. The zero-order chi connectivity index (χ0) is 15.9. The predicted octanol–water partition coefficient (Wildman–Crippen LogP) is 4.97. The van der Waals surface area contributed by atoms with E-state index in [0.717, 1.165) is 12.1 Å². The van der Waals surface area contributed by atoms with Crippen molar-refractivity contribution in [3.05, 3.63) is 42.2 Å². The van der Waals surface area contributed by atoms with E-state index >= 15 is 0 Å². The van der Waals surface area contributed by atoms with E-state index in [-0.39, 0.29) is 0 Å². The summed E-state index contributed by atoms with van der Waals surface area (Å²) < 4.78 is 45.8. The molecule has 2 aromatic heterocycles. The Morgan fingerprint density at radius 1 is 1.23 bits per heavy atom. The molecule has 3 nitrogen and oxygen atoms in total. The summed E-state index contributed by atoms with van der Waals surface area (Å²) in [5.41, 5.74) is 0.301. The number of alkyl halides is 3. The van der Waals surface area contributed by atoms with Crippen LogP contribution in [0.1, 0.15) is 19.4 Å². The summed E-state index contributed by atoms with van der Waals surface area (Å²) in [4.78, 5) is 4.35. The fourth-order valence-corrected chi connectivity index (χ4v) is 2.45. The smallest absolute Gasteiger partial charge is 0.416 e. The van der Waals surface area contributed by atoms with Gasteiger partial charge in [0, 0.05) is 6.54 Å². The molecule has 0 bridgehead atoms. The van der Waals surface area contributed by atoms with Crippen molar-refractivity contribution in [3.63, 3.8) is 0 Å². The monoisotopic (exact) mass is 308 g/mol. The molecule has 0 fully saturated rings. The Balaban J connectivity index is 2.21. The van der Waals surface area contributed by atoms with Gasteiger partial charge < -0.3 is 8.98 Å². The van der Waals surface area contributed by atoms with Gasteiger partial charge >= 0.3 is 6.18 Å². The van der Waals surface area contributed by atoms with Crippen LogP contribution >= 0.6 is 0 Å². The lowest BCUT2D eigenvalue weighted by Gasteiger charge is -2.11. The van der Waals surface area contributed by atoms with Gasteiger partial charge in [-0.25, -0.2) is 4.98 Å². The van der Waals surface area contributed by atoms with Gasteiger partial charge in [0.05, 0.1) is 22.9 Å². The van der Waals surface area contributed by atoms with Crippen LogP contribution in [-0.4, -0.2) is 9.55 Å². The highest BCUT2D eigenvalue weighted by Gasteiger charge is 2.31. The lowest BCUT2D eigenvalue weighted by Crippen LogP contribution is -2.07. The molecule has 0 amide bonds. The molecule has 0 atom stereocenters. The van der Waals surface area contributed by atoms with E-state index < -0.39 is 11.7 Å². The van der Waals surface area contributed by atoms with Crippen molar-refractivity contribution in [3.8, 4) is 11.6 Å². The van der Waals surface area contributed by atoms with Crippen molar-refractivity contribution >= 4 is 11.0 Å². The molecule has 0 spiro atoms. The molecule has 0 N–H and O–H groups in total. The lowest BCUT2D eigenvalue weighted by molar-refractivity contribution is -0.137. The van der Waals surface area contributed by atoms with Crippen molar-refractivity contribution < 1.29 is 17.6 Å². The van der Waals surface area contributed by atoms with E-state index in [1.807, 2.05) is 18.4 Å². The van der Waals surface area contributed by atoms with Gasteiger partial charge in [-0.05, 0) is 36.2 Å². The minimum Gasteiger partial charge on any atom is -0.461 e. The second-order valence-electron chi connectivity index (χ2n) is 5.62. The van der Waals surface area contributed by atoms with Crippen molar-refractivity contribution in [1.82, 2.24) is 9.55 Å². The number of rotatable bonds is 3. The third-order valence-electron chi connectivity index (χ3n) is 3.36. The molecule has 3 aromatic rings. The molecule has 0 saturated heterocycles. The molecule has 116 valence electrons. The first kappa shape index (κ1) is 14.7. The molecule has 0 radical (unpaired) electrons. The topological polar surface area (TPSA) is 31.0 Å². The minimum atomic E-state index is -4.37. The van der Waals surface area contributed by atoms with Crippen LogP contribution < -0.4 is 0 Å². The molecule has 0 aliphatic heterocycles. The van der Waals surface area contributed by atoms with Crippen molar-refractivity contribution in [1.29, 1.82) is 0 Å². The van der Waals surface area contributed by atoms with E-state index in [1.165, 1.54) is 12.3 Å². The third kappa shape index (κ3) is 2.61. The van der Waals surface area contributed by atoms with Crippen LogP contribution in [0.15, 0.2) is 41.0 Å². The first-order valence-corrected chi connectivity index (χ1v) is 6.97. The minimum absolute atomic E-state index is 0.321. The van der Waals surface area contributed by atoms with Gasteiger partial charge in [0.1, 0.15) is 0 Å². The standard InChI is InChI=1S/C16H15F3N2O/c1-10(2)9-21-13-6-5-11(16(17,18)19)8-12(13)20-15(21)14-4-3-7-22-14/h3-8,10H,9H2,1-2H3. The number of aromatic nitrogens is 2. The van der Waals surface area contributed by atoms with E-state index in [0.29, 0.717) is 35.1 Å². The number of furan rings is 1. The van der Waals surface area contributed by atoms with Gasteiger partial charge in [-0.3, -0.25) is 0 Å². The number of benzene rings is 1. The number of imidazole rings is 1. The number of halogens is 3. The third-order valence-corrected chi connectivity index (χ3v) is 3.36. The number of nitrogens with zero attached hydrogens (tertiary/aromatic N) is 2. The second kappa shape index (κ2) is 5.19. The van der Waals surface area contributed by atoms with Gasteiger partial charge in [-0.2, -0.15) is 13.2 Å². The molecule has 3 rings (SSSR count). The lowest BCUT2D eigenvalue weighted by atomic mass is 10.2. The fraction of sp³-hybridized carbons (Fsp3) is 0.312. The Labute approximate surface area is 125 Å². The van der Waals surface area contributed by atoms with Gasteiger partial charge in [0.2, 0.25) is 0 Å². The van der Waals surface area contributed by atoms with Crippen molar-refractivity contribution in [2.24, 2.45) is 5.92 Å². The predicted molar refractivity (Wildman–Crippen MR) is 77.3 cm³/mol. The summed E-state index contributed by atoms with van der Waals surface area (Å²) >= 11 is 0. The van der Waals surface area contributed by atoms with Crippen LogP contribution in [0.3, 0.4) is 0 Å². The second-order valence-corrected chi connectivity index (χ2v) is 5.62. The summed E-state index contributed by atoms with van der Waals surface area (Å²) in [6.45, 7) is 4.74. The summed E-state index contributed by atoms with van der Waals surface area (Å²) in [6, 6.07) is 7.13. The Morgan fingerprint density at radius 2 is 2.00 bits per heavy atom. The molecular formula is C16H15F3N2O. The highest BCUT2D eigenvalue weighted by Crippen LogP contribution is 2.33. The average Bonchev–Trinajstić information content (AvgIpc) is 3.04. The Kier molecular flexibility index (Phi) is 3.47. The molecular weight excluding hydrogens is 293 g/mol. The zero-order valence-corrected chi connectivity index (χ0v) is 12.2. The summed E-state index contributed by atoms with van der Waals surface area (Å²) in [7, 11) is 0.